The first kappa shape index (κ1) is 13.7. The summed E-state index contributed by atoms with van der Waals surface area (Å²) in [7, 11) is 0. The third-order valence-electron chi connectivity index (χ3n) is 2.24. The van der Waals surface area contributed by atoms with Gasteiger partial charge in [0.1, 0.15) is 6.61 Å². The molecule has 2 aromatic rings. The highest BCUT2D eigenvalue weighted by molar-refractivity contribution is 5.96. The number of hydrogen-bond acceptors (Lipinski definition) is 4. The molecule has 5 N–H and O–H groups in total. The zero-order chi connectivity index (χ0) is 13.4. The third kappa shape index (κ3) is 4.27. The average Bonchev–Trinajstić information content (AvgIpc) is 2.43. The molecule has 0 radical (unpaired) electrons. The molecule has 0 spiro atoms. The van der Waals surface area contributed by atoms with Crippen LogP contribution in [0.4, 0.5) is 11.4 Å². The van der Waals surface area contributed by atoms with Gasteiger partial charge >= 0.3 is 0 Å². The first-order valence-electron chi connectivity index (χ1n) is 5.44. The standard InChI is InChI=1S/C8H8O2.C6H8N2/c9-6-8(10)7-4-2-1-3-5-7;7-5-3-1-2-4-6(5)8/h1-5,9H,6H2;1-4H,7-8H2. The molecule has 94 valence electrons. The molecule has 0 fully saturated rings. The lowest BCUT2D eigenvalue weighted by atomic mass is 10.1. The van der Waals surface area contributed by atoms with Gasteiger partial charge in [-0.1, -0.05) is 42.5 Å². The minimum Gasteiger partial charge on any atom is -0.397 e. The number of nitrogens with two attached hydrogens (primary N) is 2. The van der Waals surface area contributed by atoms with Crippen LogP contribution in [0.15, 0.2) is 54.6 Å². The maximum absolute atomic E-state index is 10.8. The predicted octanol–water partition coefficient (Wildman–Crippen LogP) is 1.71. The molecule has 0 aliphatic rings. The van der Waals surface area contributed by atoms with Gasteiger partial charge in [0.25, 0.3) is 0 Å². The van der Waals surface area contributed by atoms with E-state index in [9.17, 15) is 4.79 Å². The molecular formula is C14H16N2O2. The van der Waals surface area contributed by atoms with Crippen LogP contribution in [0.5, 0.6) is 0 Å². The molecule has 0 aliphatic heterocycles. The molecule has 2 aromatic carbocycles. The van der Waals surface area contributed by atoms with Gasteiger partial charge in [0, 0.05) is 5.56 Å². The van der Waals surface area contributed by atoms with Crippen molar-refractivity contribution in [2.24, 2.45) is 0 Å². The SMILES string of the molecule is Nc1ccccc1N.O=C(CO)c1ccccc1. The number of aliphatic hydroxyl groups is 1. The molecule has 0 unspecified atom stereocenters. The summed E-state index contributed by atoms with van der Waals surface area (Å²) in [5, 5.41) is 8.44. The fourth-order valence-electron chi connectivity index (χ4n) is 1.23. The Morgan fingerprint density at radius 2 is 1.33 bits per heavy atom. The molecule has 0 saturated heterocycles. The van der Waals surface area contributed by atoms with E-state index in [1.165, 1.54) is 0 Å². The Hall–Kier alpha value is -2.33. The van der Waals surface area contributed by atoms with E-state index in [1.807, 2.05) is 18.2 Å². The van der Waals surface area contributed by atoms with Crippen molar-refractivity contribution >= 4 is 17.2 Å². The quantitative estimate of drug-likeness (QED) is 0.554. The fraction of sp³-hybridized carbons (Fsp3) is 0.0714. The summed E-state index contributed by atoms with van der Waals surface area (Å²) in [6.45, 7) is -0.413. The van der Waals surface area contributed by atoms with Gasteiger partial charge in [-0.2, -0.15) is 0 Å². The van der Waals surface area contributed by atoms with E-state index >= 15 is 0 Å². The van der Waals surface area contributed by atoms with Crippen molar-refractivity contribution in [3.63, 3.8) is 0 Å². The third-order valence-corrected chi connectivity index (χ3v) is 2.24. The molecule has 0 amide bonds. The number of nitrogen functional groups attached to an aromatic ring is 2. The van der Waals surface area contributed by atoms with Crippen LogP contribution >= 0.6 is 0 Å². The number of Topliss-reactive ketones (excluding diaryl/α,β-unsaturated/α-hetero) is 1. The van der Waals surface area contributed by atoms with Crippen LogP contribution in [0.2, 0.25) is 0 Å². The Balaban J connectivity index is 0.000000184. The highest BCUT2D eigenvalue weighted by Crippen LogP contribution is 2.10. The van der Waals surface area contributed by atoms with Crippen molar-refractivity contribution in [3.8, 4) is 0 Å². The normalized spacial score (nSPS) is 9.17. The van der Waals surface area contributed by atoms with Crippen LogP contribution in [0.1, 0.15) is 10.4 Å². The van der Waals surface area contributed by atoms with Gasteiger partial charge in [-0.05, 0) is 12.1 Å². The Kier molecular flexibility index (Phi) is 5.41. The Morgan fingerprint density at radius 3 is 1.72 bits per heavy atom. The molecule has 4 heteroatoms. The number of carbonyl (C=O) groups excluding carboxylic acids is 1. The van der Waals surface area contributed by atoms with E-state index in [4.69, 9.17) is 16.6 Å². The fourth-order valence-corrected chi connectivity index (χ4v) is 1.23. The van der Waals surface area contributed by atoms with Gasteiger partial charge in [-0.15, -0.1) is 0 Å². The van der Waals surface area contributed by atoms with Gasteiger partial charge in [-0.3, -0.25) is 4.79 Å². The molecule has 0 bridgehead atoms. The molecule has 0 heterocycles. The number of anilines is 2. The summed E-state index contributed by atoms with van der Waals surface area (Å²) in [5.41, 5.74) is 12.6. The molecule has 0 aliphatic carbocycles. The molecule has 4 nitrogen and oxygen atoms in total. The van der Waals surface area contributed by atoms with E-state index < -0.39 is 6.61 Å². The number of benzene rings is 2. The predicted molar refractivity (Wildman–Crippen MR) is 73.1 cm³/mol. The molecule has 0 aromatic heterocycles. The summed E-state index contributed by atoms with van der Waals surface area (Å²) >= 11 is 0. The summed E-state index contributed by atoms with van der Waals surface area (Å²) in [5.74, 6) is -0.236. The smallest absolute Gasteiger partial charge is 0.188 e. The maximum atomic E-state index is 10.8. The maximum Gasteiger partial charge on any atom is 0.188 e. The van der Waals surface area contributed by atoms with Gasteiger partial charge in [-0.25, -0.2) is 0 Å². The number of rotatable bonds is 2. The first-order chi connectivity index (χ1) is 8.65. The van der Waals surface area contributed by atoms with Gasteiger partial charge < -0.3 is 16.6 Å². The van der Waals surface area contributed by atoms with E-state index in [0.717, 1.165) is 0 Å². The highest BCUT2D eigenvalue weighted by atomic mass is 16.3. The topological polar surface area (TPSA) is 89.3 Å². The van der Waals surface area contributed by atoms with Crippen molar-refractivity contribution in [2.75, 3.05) is 18.1 Å². The van der Waals surface area contributed by atoms with E-state index in [1.54, 1.807) is 36.4 Å². The number of carbonyl (C=O) groups is 1. The highest BCUT2D eigenvalue weighted by Gasteiger charge is 1.99. The van der Waals surface area contributed by atoms with Crippen molar-refractivity contribution in [1.82, 2.24) is 0 Å². The lowest BCUT2D eigenvalue weighted by molar-refractivity contribution is 0.0904. The minimum atomic E-state index is -0.413. The van der Waals surface area contributed by atoms with Gasteiger partial charge in [0.15, 0.2) is 5.78 Å². The van der Waals surface area contributed by atoms with Crippen LogP contribution < -0.4 is 11.5 Å². The summed E-state index contributed by atoms with van der Waals surface area (Å²) in [4.78, 5) is 10.8. The minimum absolute atomic E-state index is 0.236. The molecule has 18 heavy (non-hydrogen) atoms. The second-order valence-corrected chi connectivity index (χ2v) is 3.58. The Bertz CT molecular complexity index is 477. The van der Waals surface area contributed by atoms with Crippen LogP contribution in [0.25, 0.3) is 0 Å². The average molecular weight is 244 g/mol. The second-order valence-electron chi connectivity index (χ2n) is 3.58. The largest absolute Gasteiger partial charge is 0.397 e. The zero-order valence-corrected chi connectivity index (χ0v) is 9.91. The lowest BCUT2D eigenvalue weighted by Gasteiger charge is -1.94. The second kappa shape index (κ2) is 7.09. The lowest BCUT2D eigenvalue weighted by Crippen LogP contribution is -2.02. The Labute approximate surface area is 106 Å². The Morgan fingerprint density at radius 1 is 0.889 bits per heavy atom. The number of hydrogen-bond donors (Lipinski definition) is 3. The summed E-state index contributed by atoms with van der Waals surface area (Å²) < 4.78 is 0. The summed E-state index contributed by atoms with van der Waals surface area (Å²) in [6.07, 6.45) is 0. The molecule has 2 rings (SSSR count). The van der Waals surface area contributed by atoms with E-state index in [2.05, 4.69) is 0 Å². The van der Waals surface area contributed by atoms with Crippen molar-refractivity contribution < 1.29 is 9.90 Å². The van der Waals surface area contributed by atoms with Crippen molar-refractivity contribution in [3.05, 3.63) is 60.2 Å². The molecule has 0 atom stereocenters. The van der Waals surface area contributed by atoms with Gasteiger partial charge in [0.2, 0.25) is 0 Å². The van der Waals surface area contributed by atoms with E-state index in [-0.39, 0.29) is 5.78 Å². The van der Waals surface area contributed by atoms with Crippen LogP contribution in [0.3, 0.4) is 0 Å². The van der Waals surface area contributed by atoms with Crippen LogP contribution in [-0.4, -0.2) is 17.5 Å². The van der Waals surface area contributed by atoms with Crippen molar-refractivity contribution in [1.29, 1.82) is 0 Å². The number of para-hydroxylation sites is 2. The van der Waals surface area contributed by atoms with Crippen LogP contribution in [-0.2, 0) is 0 Å². The molecular weight excluding hydrogens is 228 g/mol. The van der Waals surface area contributed by atoms with Crippen molar-refractivity contribution in [2.45, 2.75) is 0 Å². The summed E-state index contributed by atoms with van der Waals surface area (Å²) in [6, 6.07) is 16.0. The first-order valence-corrected chi connectivity index (χ1v) is 5.44. The molecule has 0 saturated carbocycles. The van der Waals surface area contributed by atoms with Crippen LogP contribution in [0, 0.1) is 0 Å². The van der Waals surface area contributed by atoms with Gasteiger partial charge in [0.05, 0.1) is 11.4 Å². The number of ketones is 1. The zero-order valence-electron chi connectivity index (χ0n) is 9.91. The van der Waals surface area contributed by atoms with E-state index in [0.29, 0.717) is 16.9 Å². The number of aliphatic hydroxyl groups excluding tert-OH is 1. The monoisotopic (exact) mass is 244 g/mol.